The average Bonchev–Trinajstić information content (AvgIpc) is 2.75. The number of nitrogens with one attached hydrogen (secondary N) is 1. The van der Waals surface area contributed by atoms with Gasteiger partial charge in [0.1, 0.15) is 11.5 Å². The van der Waals surface area contributed by atoms with Crippen molar-refractivity contribution in [3.63, 3.8) is 0 Å². The third-order valence-electron chi connectivity index (χ3n) is 4.39. The molecule has 30 heavy (non-hydrogen) atoms. The predicted molar refractivity (Wildman–Crippen MR) is 113 cm³/mol. The molecule has 0 spiro atoms. The van der Waals surface area contributed by atoms with Crippen molar-refractivity contribution in [3.8, 4) is 11.5 Å². The predicted octanol–water partition coefficient (Wildman–Crippen LogP) is 3.66. The van der Waals surface area contributed by atoms with Gasteiger partial charge in [-0.3, -0.25) is 4.79 Å². The first-order chi connectivity index (χ1) is 14.3. The number of amides is 1. The summed E-state index contributed by atoms with van der Waals surface area (Å²) in [5, 5.41) is 2.80. The number of methoxy groups -OCH3 is 2. The molecule has 0 heterocycles. The largest absolute Gasteiger partial charge is 0.497 e. The van der Waals surface area contributed by atoms with Crippen molar-refractivity contribution < 1.29 is 28.5 Å². The van der Waals surface area contributed by atoms with Crippen molar-refractivity contribution in [3.05, 3.63) is 59.2 Å². The third-order valence-corrected chi connectivity index (χ3v) is 4.39. The highest BCUT2D eigenvalue weighted by Gasteiger charge is 2.17. The van der Waals surface area contributed by atoms with Gasteiger partial charge in [-0.2, -0.15) is 0 Å². The Labute approximate surface area is 177 Å². The molecule has 1 amide bonds. The molecular weight excluding hydrogens is 386 g/mol. The quantitative estimate of drug-likeness (QED) is 0.596. The maximum atomic E-state index is 12.2. The lowest BCUT2D eigenvalue weighted by Gasteiger charge is -2.18. The number of ether oxygens (including phenoxy) is 4. The van der Waals surface area contributed by atoms with E-state index < -0.39 is 11.9 Å². The molecule has 7 heteroatoms. The summed E-state index contributed by atoms with van der Waals surface area (Å²) in [6.45, 7) is 5.83. The van der Waals surface area contributed by atoms with Gasteiger partial charge >= 0.3 is 5.97 Å². The Morgan fingerprint density at radius 3 is 2.27 bits per heavy atom. The minimum Gasteiger partial charge on any atom is -0.497 e. The number of rotatable bonds is 10. The Bertz CT molecular complexity index is 847. The second-order valence-corrected chi connectivity index (χ2v) is 7.03. The summed E-state index contributed by atoms with van der Waals surface area (Å²) in [5.74, 6) is 0.304. The van der Waals surface area contributed by atoms with Crippen LogP contribution in [0.1, 0.15) is 48.3 Å². The van der Waals surface area contributed by atoms with Crippen molar-refractivity contribution in [1.82, 2.24) is 5.32 Å². The van der Waals surface area contributed by atoms with E-state index in [0.29, 0.717) is 23.7 Å². The molecule has 0 aliphatic rings. The van der Waals surface area contributed by atoms with Gasteiger partial charge in [0.25, 0.3) is 5.91 Å². The molecule has 2 aromatic carbocycles. The van der Waals surface area contributed by atoms with E-state index in [-0.39, 0.29) is 18.8 Å². The Morgan fingerprint density at radius 2 is 1.67 bits per heavy atom. The van der Waals surface area contributed by atoms with Crippen molar-refractivity contribution in [2.45, 2.75) is 39.5 Å². The standard InChI is InChI=1S/C23H29NO6/c1-15(2)29-13-17-6-8-18(9-7-17)23(26)30-14-22(25)24-16(3)20-12-19(27-4)10-11-21(20)28-5/h6-12,15-16H,13-14H2,1-5H3,(H,24,25)/t16-/m0/s1. The minimum atomic E-state index is -0.562. The van der Waals surface area contributed by atoms with E-state index >= 15 is 0 Å². The van der Waals surface area contributed by atoms with E-state index in [1.54, 1.807) is 56.7 Å². The summed E-state index contributed by atoms with van der Waals surface area (Å²) in [7, 11) is 3.13. The Morgan fingerprint density at radius 1 is 0.967 bits per heavy atom. The molecule has 7 nitrogen and oxygen atoms in total. The second kappa shape index (κ2) is 11.2. The molecule has 2 aromatic rings. The third kappa shape index (κ3) is 6.77. The van der Waals surface area contributed by atoms with Crippen LogP contribution in [-0.4, -0.2) is 38.8 Å². The molecule has 0 fully saturated rings. The highest BCUT2D eigenvalue weighted by Crippen LogP contribution is 2.29. The van der Waals surface area contributed by atoms with Gasteiger partial charge in [-0.1, -0.05) is 12.1 Å². The first-order valence-corrected chi connectivity index (χ1v) is 9.73. The Balaban J connectivity index is 1.89. The summed E-state index contributed by atoms with van der Waals surface area (Å²) in [6.07, 6.45) is 0.132. The first-order valence-electron chi connectivity index (χ1n) is 9.73. The van der Waals surface area contributed by atoms with Crippen LogP contribution in [-0.2, 0) is 20.9 Å². The van der Waals surface area contributed by atoms with Crippen LogP contribution in [0, 0.1) is 0 Å². The molecule has 2 rings (SSSR count). The molecule has 0 bridgehead atoms. The van der Waals surface area contributed by atoms with Gasteiger partial charge in [-0.15, -0.1) is 0 Å². The Hall–Kier alpha value is -3.06. The van der Waals surface area contributed by atoms with Gasteiger partial charge in [0.2, 0.25) is 0 Å². The zero-order chi connectivity index (χ0) is 22.1. The molecule has 0 saturated carbocycles. The average molecular weight is 415 g/mol. The fourth-order valence-corrected chi connectivity index (χ4v) is 2.75. The highest BCUT2D eigenvalue weighted by molar-refractivity contribution is 5.91. The lowest BCUT2D eigenvalue weighted by Crippen LogP contribution is -2.31. The lowest BCUT2D eigenvalue weighted by atomic mass is 10.1. The topological polar surface area (TPSA) is 83.1 Å². The fourth-order valence-electron chi connectivity index (χ4n) is 2.75. The molecular formula is C23H29NO6. The highest BCUT2D eigenvalue weighted by atomic mass is 16.5. The lowest BCUT2D eigenvalue weighted by molar-refractivity contribution is -0.124. The number of hydrogen-bond acceptors (Lipinski definition) is 6. The molecule has 162 valence electrons. The van der Waals surface area contributed by atoms with Crippen molar-refractivity contribution in [1.29, 1.82) is 0 Å². The van der Waals surface area contributed by atoms with E-state index in [1.165, 1.54) is 0 Å². The van der Waals surface area contributed by atoms with E-state index in [9.17, 15) is 9.59 Å². The molecule has 1 N–H and O–H groups in total. The van der Waals surface area contributed by atoms with Crippen molar-refractivity contribution >= 4 is 11.9 Å². The van der Waals surface area contributed by atoms with Crippen molar-refractivity contribution in [2.75, 3.05) is 20.8 Å². The van der Waals surface area contributed by atoms with Gasteiger partial charge in [0.05, 0.1) is 38.5 Å². The van der Waals surface area contributed by atoms with Crippen LogP contribution in [0.4, 0.5) is 0 Å². The molecule has 0 saturated heterocycles. The van der Waals surface area contributed by atoms with E-state index in [4.69, 9.17) is 18.9 Å². The number of hydrogen-bond donors (Lipinski definition) is 1. The molecule has 1 atom stereocenters. The van der Waals surface area contributed by atoms with Crippen LogP contribution in [0.2, 0.25) is 0 Å². The van der Waals surface area contributed by atoms with E-state index in [2.05, 4.69) is 5.32 Å². The summed E-state index contributed by atoms with van der Waals surface area (Å²) in [4.78, 5) is 24.4. The number of carbonyl (C=O) groups excluding carboxylic acids is 2. The zero-order valence-electron chi connectivity index (χ0n) is 18.1. The van der Waals surface area contributed by atoms with Gasteiger partial charge in [-0.05, 0) is 56.7 Å². The number of benzene rings is 2. The number of carbonyl (C=O) groups is 2. The summed E-state index contributed by atoms with van der Waals surface area (Å²) >= 11 is 0. The SMILES string of the molecule is COc1ccc(OC)c([C@H](C)NC(=O)COC(=O)c2ccc(COC(C)C)cc2)c1. The molecule has 0 aliphatic carbocycles. The van der Waals surface area contributed by atoms with Crippen LogP contribution in [0.3, 0.4) is 0 Å². The Kier molecular flexibility index (Phi) is 8.68. The second-order valence-electron chi connectivity index (χ2n) is 7.03. The van der Waals surface area contributed by atoms with Crippen LogP contribution in [0.25, 0.3) is 0 Å². The van der Waals surface area contributed by atoms with Crippen LogP contribution < -0.4 is 14.8 Å². The van der Waals surface area contributed by atoms with E-state index in [1.807, 2.05) is 20.8 Å². The monoisotopic (exact) mass is 415 g/mol. The molecule has 0 unspecified atom stereocenters. The maximum absolute atomic E-state index is 12.2. The normalized spacial score (nSPS) is 11.7. The van der Waals surface area contributed by atoms with Gasteiger partial charge in [-0.25, -0.2) is 4.79 Å². The zero-order valence-corrected chi connectivity index (χ0v) is 18.1. The van der Waals surface area contributed by atoms with Gasteiger partial charge in [0.15, 0.2) is 6.61 Å². The van der Waals surface area contributed by atoms with Gasteiger partial charge < -0.3 is 24.3 Å². The van der Waals surface area contributed by atoms with Gasteiger partial charge in [0, 0.05) is 5.56 Å². The van der Waals surface area contributed by atoms with Crippen LogP contribution in [0.15, 0.2) is 42.5 Å². The van der Waals surface area contributed by atoms with E-state index in [0.717, 1.165) is 11.1 Å². The minimum absolute atomic E-state index is 0.132. The first kappa shape index (κ1) is 23.2. The summed E-state index contributed by atoms with van der Waals surface area (Å²) in [6, 6.07) is 11.9. The molecule has 0 aliphatic heterocycles. The van der Waals surface area contributed by atoms with Crippen molar-refractivity contribution in [2.24, 2.45) is 0 Å². The van der Waals surface area contributed by atoms with Crippen LogP contribution >= 0.6 is 0 Å². The fraction of sp³-hybridized carbons (Fsp3) is 0.391. The smallest absolute Gasteiger partial charge is 0.338 e. The number of esters is 1. The molecule has 0 aromatic heterocycles. The summed E-state index contributed by atoms with van der Waals surface area (Å²) in [5.41, 5.74) is 2.09. The maximum Gasteiger partial charge on any atom is 0.338 e. The molecule has 0 radical (unpaired) electrons. The summed E-state index contributed by atoms with van der Waals surface area (Å²) < 4.78 is 21.2. The van der Waals surface area contributed by atoms with Crippen LogP contribution in [0.5, 0.6) is 11.5 Å².